The Morgan fingerprint density at radius 1 is 1.10 bits per heavy atom. The molecule has 3 rings (SSSR count). The number of H-pyrrole nitrogens is 1. The van der Waals surface area contributed by atoms with Crippen LogP contribution in [0.2, 0.25) is 0 Å². The molecule has 3 aromatic rings. The van der Waals surface area contributed by atoms with Gasteiger partial charge in [0.2, 0.25) is 10.0 Å². The lowest BCUT2D eigenvalue weighted by molar-refractivity contribution is 0.476. The third-order valence-electron chi connectivity index (χ3n) is 3.96. The van der Waals surface area contributed by atoms with Gasteiger partial charge in [0.05, 0.1) is 16.3 Å². The van der Waals surface area contributed by atoms with Gasteiger partial charge in [0.25, 0.3) is 5.56 Å². The van der Waals surface area contributed by atoms with Crippen LogP contribution in [0.5, 0.6) is 5.75 Å². The molecule has 0 bridgehead atoms. The summed E-state index contributed by atoms with van der Waals surface area (Å²) >= 11 is 0. The highest BCUT2D eigenvalue weighted by molar-refractivity contribution is 7.89. The van der Waals surface area contributed by atoms with Gasteiger partial charge in [-0.25, -0.2) is 17.8 Å². The lowest BCUT2D eigenvalue weighted by Crippen LogP contribution is -2.30. The Bertz CT molecular complexity index is 1210. The maximum atomic E-state index is 12.7. The zero-order chi connectivity index (χ0) is 21.2. The summed E-state index contributed by atoms with van der Waals surface area (Å²) in [4.78, 5) is 12.6. The van der Waals surface area contributed by atoms with Gasteiger partial charge in [0.1, 0.15) is 11.4 Å². The van der Waals surface area contributed by atoms with E-state index < -0.39 is 15.6 Å². The van der Waals surface area contributed by atoms with Crippen molar-refractivity contribution in [2.75, 3.05) is 0 Å². The van der Waals surface area contributed by atoms with Gasteiger partial charge >= 0.3 is 0 Å². The Balaban J connectivity index is 1.98. The fraction of sp³-hybridized carbons (Fsp3) is 0.211. The Morgan fingerprint density at radius 3 is 2.45 bits per heavy atom. The van der Waals surface area contributed by atoms with Gasteiger partial charge in [-0.3, -0.25) is 9.89 Å². The van der Waals surface area contributed by atoms with Crippen LogP contribution in [0.3, 0.4) is 0 Å². The van der Waals surface area contributed by atoms with Gasteiger partial charge < -0.3 is 5.11 Å². The van der Waals surface area contributed by atoms with E-state index in [1.165, 1.54) is 22.9 Å². The minimum Gasteiger partial charge on any atom is -0.506 e. The van der Waals surface area contributed by atoms with Gasteiger partial charge in [0, 0.05) is 6.04 Å². The number of benzene rings is 2. The number of aromatic nitrogens is 2. The number of hydrogen-bond donors (Lipinski definition) is 3. The van der Waals surface area contributed by atoms with Crippen LogP contribution in [-0.4, -0.2) is 29.3 Å². The molecule has 2 aromatic carbocycles. The van der Waals surface area contributed by atoms with E-state index in [0.717, 1.165) is 0 Å². The number of aromatic hydroxyl groups is 1. The monoisotopic (exact) mass is 415 g/mol. The maximum Gasteiger partial charge on any atom is 0.299 e. The van der Waals surface area contributed by atoms with Crippen LogP contribution < -0.4 is 10.3 Å². The summed E-state index contributed by atoms with van der Waals surface area (Å²) in [5, 5.41) is 20.8. The third kappa shape index (κ3) is 4.44. The number of phenols is 1. The number of nitrogens with one attached hydrogen (secondary N) is 2. The smallest absolute Gasteiger partial charge is 0.299 e. The van der Waals surface area contributed by atoms with Crippen molar-refractivity contribution >= 4 is 21.4 Å². The van der Waals surface area contributed by atoms with Crippen molar-refractivity contribution in [3.8, 4) is 11.4 Å². The lowest BCUT2D eigenvalue weighted by Gasteiger charge is -2.10. The molecule has 3 N–H and O–H groups in total. The first kappa shape index (κ1) is 20.5. The minimum atomic E-state index is -3.76. The minimum absolute atomic E-state index is 0.0572. The Morgan fingerprint density at radius 2 is 1.79 bits per heavy atom. The van der Waals surface area contributed by atoms with Crippen LogP contribution in [0.1, 0.15) is 19.5 Å². The fourth-order valence-corrected chi connectivity index (χ4v) is 3.92. The van der Waals surface area contributed by atoms with E-state index in [2.05, 4.69) is 20.0 Å². The van der Waals surface area contributed by atoms with Gasteiger partial charge in [-0.2, -0.15) is 0 Å². The number of aromatic amines is 1. The number of aryl methyl sites for hydroxylation is 1. The van der Waals surface area contributed by atoms with Crippen molar-refractivity contribution in [3.63, 3.8) is 0 Å². The summed E-state index contributed by atoms with van der Waals surface area (Å²) in [6.07, 6.45) is 0. The quantitative estimate of drug-likeness (QED) is 0.534. The topological polar surface area (TPSA) is 129 Å². The molecule has 9 nitrogen and oxygen atoms in total. The summed E-state index contributed by atoms with van der Waals surface area (Å²) in [5.41, 5.74) is 0.692. The molecule has 0 aliphatic carbocycles. The molecule has 0 atom stereocenters. The van der Waals surface area contributed by atoms with E-state index >= 15 is 0 Å². The van der Waals surface area contributed by atoms with Crippen molar-refractivity contribution in [1.82, 2.24) is 14.5 Å². The molecule has 0 aliphatic rings. The van der Waals surface area contributed by atoms with Gasteiger partial charge in [-0.15, -0.1) is 10.2 Å². The second-order valence-electron chi connectivity index (χ2n) is 6.69. The summed E-state index contributed by atoms with van der Waals surface area (Å²) in [7, 11) is -3.76. The van der Waals surface area contributed by atoms with Crippen LogP contribution in [0.15, 0.2) is 68.4 Å². The largest absolute Gasteiger partial charge is 0.506 e. The summed E-state index contributed by atoms with van der Waals surface area (Å²) in [5.74, 6) is -0.256. The van der Waals surface area contributed by atoms with E-state index in [4.69, 9.17) is 0 Å². The molecule has 0 unspecified atom stereocenters. The highest BCUT2D eigenvalue weighted by Crippen LogP contribution is 2.30. The molecular formula is C19H21N5O4S. The van der Waals surface area contributed by atoms with E-state index in [9.17, 15) is 18.3 Å². The Kier molecular flexibility index (Phi) is 5.66. The molecular weight excluding hydrogens is 394 g/mol. The van der Waals surface area contributed by atoms with Gasteiger partial charge in [-0.05, 0) is 51.1 Å². The molecule has 0 spiro atoms. The predicted octanol–water partition coefficient (Wildman–Crippen LogP) is 3.28. The zero-order valence-electron chi connectivity index (χ0n) is 16.1. The molecule has 0 saturated heterocycles. The summed E-state index contributed by atoms with van der Waals surface area (Å²) in [6, 6.07) is 12.4. The maximum absolute atomic E-state index is 12.7. The molecule has 0 amide bonds. The zero-order valence-corrected chi connectivity index (χ0v) is 16.9. The van der Waals surface area contributed by atoms with Crippen LogP contribution in [0, 0.1) is 6.92 Å². The van der Waals surface area contributed by atoms with E-state index in [-0.39, 0.29) is 28.1 Å². The van der Waals surface area contributed by atoms with E-state index in [0.29, 0.717) is 11.4 Å². The molecule has 0 fully saturated rings. The van der Waals surface area contributed by atoms with Crippen molar-refractivity contribution in [3.05, 3.63) is 64.6 Å². The first-order chi connectivity index (χ1) is 13.7. The molecule has 0 radical (unpaired) electrons. The molecule has 1 heterocycles. The van der Waals surface area contributed by atoms with Crippen LogP contribution in [-0.2, 0) is 10.0 Å². The van der Waals surface area contributed by atoms with Crippen molar-refractivity contribution in [2.45, 2.75) is 31.7 Å². The van der Waals surface area contributed by atoms with Crippen molar-refractivity contribution in [1.29, 1.82) is 0 Å². The first-order valence-corrected chi connectivity index (χ1v) is 10.3. The van der Waals surface area contributed by atoms with E-state index in [1.54, 1.807) is 45.0 Å². The Hall–Kier alpha value is -3.24. The number of nitrogens with zero attached hydrogens (tertiary/aromatic N) is 3. The normalized spacial score (nSPS) is 12.1. The molecule has 0 saturated carbocycles. The number of para-hydroxylation sites is 1. The molecule has 152 valence electrons. The number of azo groups is 1. The van der Waals surface area contributed by atoms with Crippen molar-refractivity contribution in [2.24, 2.45) is 10.2 Å². The molecule has 29 heavy (non-hydrogen) atoms. The molecule has 10 heteroatoms. The molecule has 1 aromatic heterocycles. The van der Waals surface area contributed by atoms with Crippen LogP contribution >= 0.6 is 0 Å². The second-order valence-corrected chi connectivity index (χ2v) is 8.40. The third-order valence-corrected chi connectivity index (χ3v) is 5.62. The standard InChI is InChI=1S/C19H21N5O4S/c1-12(2)23-29(27,28)15-9-10-17(25)16(11-15)20-21-18-13(3)22-24(19(18)26)14-7-5-4-6-8-14/h4-12,22-23,25H,1-3H3. The SMILES string of the molecule is Cc1[nH]n(-c2ccccc2)c(=O)c1N=Nc1cc(S(=O)(=O)NC(C)C)ccc1O. The number of hydrogen-bond acceptors (Lipinski definition) is 6. The number of sulfonamides is 1. The molecule has 0 aliphatic heterocycles. The van der Waals surface area contributed by atoms with Gasteiger partial charge in [-0.1, -0.05) is 18.2 Å². The highest BCUT2D eigenvalue weighted by Gasteiger charge is 2.18. The number of phenolic OH excluding ortho intramolecular Hbond substituents is 1. The summed E-state index contributed by atoms with van der Waals surface area (Å²) < 4.78 is 28.4. The van der Waals surface area contributed by atoms with Gasteiger partial charge in [0.15, 0.2) is 5.69 Å². The lowest BCUT2D eigenvalue weighted by atomic mass is 10.3. The van der Waals surface area contributed by atoms with Crippen molar-refractivity contribution < 1.29 is 13.5 Å². The average Bonchev–Trinajstić information content (AvgIpc) is 2.94. The number of rotatable bonds is 6. The Labute approximate surface area is 167 Å². The average molecular weight is 415 g/mol. The fourth-order valence-electron chi connectivity index (χ4n) is 2.65. The first-order valence-electron chi connectivity index (χ1n) is 8.83. The second kappa shape index (κ2) is 8.02. The van der Waals surface area contributed by atoms with E-state index in [1.807, 2.05) is 6.07 Å². The summed E-state index contributed by atoms with van der Waals surface area (Å²) in [6.45, 7) is 5.07. The van der Waals surface area contributed by atoms with Crippen LogP contribution in [0.25, 0.3) is 5.69 Å². The highest BCUT2D eigenvalue weighted by atomic mass is 32.2. The predicted molar refractivity (Wildman–Crippen MR) is 109 cm³/mol. The van der Waals surface area contributed by atoms with Crippen LogP contribution in [0.4, 0.5) is 11.4 Å².